The van der Waals surface area contributed by atoms with Crippen LogP contribution in [0.15, 0.2) is 12.1 Å². The van der Waals surface area contributed by atoms with Crippen molar-refractivity contribution in [3.8, 4) is 0 Å². The van der Waals surface area contributed by atoms with Crippen molar-refractivity contribution in [3.05, 3.63) is 45.7 Å². The molecule has 0 aliphatic rings. The van der Waals surface area contributed by atoms with Crippen molar-refractivity contribution in [1.29, 1.82) is 0 Å². The lowest BCUT2D eigenvalue weighted by atomic mass is 10.1. The molecule has 0 amide bonds. The van der Waals surface area contributed by atoms with Crippen LogP contribution in [-0.2, 0) is 0 Å². The summed E-state index contributed by atoms with van der Waals surface area (Å²) in [4.78, 5) is 0. The Hall–Kier alpha value is -0.860. The lowest BCUT2D eigenvalue weighted by molar-refractivity contribution is 1.31. The van der Waals surface area contributed by atoms with Gasteiger partial charge in [0.05, 0.1) is 0 Å². The molecule has 0 aromatic heterocycles. The van der Waals surface area contributed by atoms with Gasteiger partial charge in [-0.2, -0.15) is 13.8 Å². The molecule has 1 atom stereocenters. The molecule has 0 N–H and O–H groups in total. The van der Waals surface area contributed by atoms with Gasteiger partial charge in [-0.3, -0.25) is 0 Å². The second kappa shape index (κ2) is 4.77. The van der Waals surface area contributed by atoms with Gasteiger partial charge in [-0.1, -0.05) is 17.7 Å². The van der Waals surface area contributed by atoms with Crippen molar-refractivity contribution in [3.63, 3.8) is 0 Å². The van der Waals surface area contributed by atoms with Gasteiger partial charge in [0.15, 0.2) is 8.07 Å². The van der Waals surface area contributed by atoms with Crippen LogP contribution in [0, 0.1) is 33.0 Å². The number of hydrogen-bond donors (Lipinski definition) is 0. The Morgan fingerprint density at radius 1 is 1.13 bits per heavy atom. The predicted molar refractivity (Wildman–Crippen MR) is 68.4 cm³/mol. The summed E-state index contributed by atoms with van der Waals surface area (Å²) in [6, 6.07) is 4.34. The minimum atomic E-state index is -0.758. The van der Waals surface area contributed by atoms with Gasteiger partial charge in [0.25, 0.3) is 0 Å². The number of benzene rings is 1. The minimum absolute atomic E-state index is 0.758. The predicted octanol–water partition coefficient (Wildman–Crippen LogP) is 4.13. The quantitative estimate of drug-likeness (QED) is 0.519. The van der Waals surface area contributed by atoms with E-state index in [1.807, 2.05) is 0 Å². The van der Waals surface area contributed by atoms with E-state index >= 15 is 0 Å². The third kappa shape index (κ3) is 2.58. The fraction of sp³-hybridized carbons (Fsp3) is 0.385. The van der Waals surface area contributed by atoms with Gasteiger partial charge in [0.2, 0.25) is 0 Å². The summed E-state index contributed by atoms with van der Waals surface area (Å²) in [5.74, 6) is 0. The molecule has 0 heterocycles. The molecule has 80 valence electrons. The zero-order valence-electron chi connectivity index (χ0n) is 10.0. The summed E-state index contributed by atoms with van der Waals surface area (Å²) in [6.45, 7) is 17.7. The zero-order valence-corrected chi connectivity index (χ0v) is 10.9. The molecule has 0 saturated heterocycles. The number of nitrogens with zero attached hydrogens (tertiary/aromatic N) is 1. The van der Waals surface area contributed by atoms with Gasteiger partial charge in [0.1, 0.15) is 0 Å². The molecule has 1 unspecified atom stereocenters. The fourth-order valence-electron chi connectivity index (χ4n) is 1.88. The number of aryl methyl sites for hydroxylation is 3. The maximum Gasteiger partial charge on any atom is 0.152 e. The Morgan fingerprint density at radius 2 is 1.60 bits per heavy atom. The molecule has 1 aromatic carbocycles. The monoisotopic (exact) mass is 218 g/mol. The lowest BCUT2D eigenvalue weighted by Gasteiger charge is -2.22. The maximum atomic E-state index is 7.31. The first-order chi connectivity index (χ1) is 6.97. The average Bonchev–Trinajstić information content (AvgIpc) is 2.09. The van der Waals surface area contributed by atoms with Gasteiger partial charge in [-0.25, -0.2) is 12.2 Å². The van der Waals surface area contributed by atoms with Crippen LogP contribution >= 0.6 is 8.07 Å². The fourth-order valence-corrected chi connectivity index (χ4v) is 3.42. The van der Waals surface area contributed by atoms with Crippen LogP contribution < -0.4 is 5.30 Å². The molecule has 0 radical (unpaired) electrons. The smallest absolute Gasteiger partial charge is 0.152 e. The molecule has 0 aliphatic carbocycles. The van der Waals surface area contributed by atoms with E-state index < -0.39 is 8.07 Å². The molecule has 1 aromatic rings. The Morgan fingerprint density at radius 3 is 1.93 bits per heavy atom. The lowest BCUT2D eigenvalue weighted by Crippen LogP contribution is -2.10. The standard InChI is InChI=1S/C13H17NP/c1-9(2)15(14-6)13-11(4)7-10(3)8-12(13)5/h7-8H,1-5H3/q-1. The van der Waals surface area contributed by atoms with E-state index in [-0.39, 0.29) is 0 Å². The molecule has 0 bridgehead atoms. The Bertz CT molecular complexity index is 378. The van der Waals surface area contributed by atoms with Gasteiger partial charge < -0.3 is 4.62 Å². The molecule has 2 heteroatoms. The van der Waals surface area contributed by atoms with E-state index in [2.05, 4.69) is 51.4 Å². The van der Waals surface area contributed by atoms with Gasteiger partial charge in [0, 0.05) is 5.30 Å². The summed E-state index contributed by atoms with van der Waals surface area (Å²) in [7, 11) is -0.758. The van der Waals surface area contributed by atoms with Crippen LogP contribution in [0.3, 0.4) is 0 Å². The van der Waals surface area contributed by atoms with Crippen LogP contribution in [0.25, 0.3) is 4.62 Å². The van der Waals surface area contributed by atoms with E-state index in [1.165, 1.54) is 27.7 Å². The van der Waals surface area contributed by atoms with Crippen molar-refractivity contribution in [2.24, 2.45) is 0 Å². The van der Waals surface area contributed by atoms with Gasteiger partial charge in [-0.15, -0.1) is 0 Å². The van der Waals surface area contributed by atoms with Crippen molar-refractivity contribution < 1.29 is 0 Å². The highest BCUT2D eigenvalue weighted by Crippen LogP contribution is 2.48. The largest absolute Gasteiger partial charge is 0.333 e. The van der Waals surface area contributed by atoms with Crippen molar-refractivity contribution >= 4 is 13.4 Å². The summed E-state index contributed by atoms with van der Waals surface area (Å²) in [5, 5.41) is 1.26. The third-order valence-corrected chi connectivity index (χ3v) is 4.55. The Balaban J connectivity index is 3.31. The molecular formula is C13H17NP-. The third-order valence-electron chi connectivity index (χ3n) is 2.37. The molecule has 0 saturated carbocycles. The molecule has 15 heavy (non-hydrogen) atoms. The molecule has 0 spiro atoms. The summed E-state index contributed by atoms with van der Waals surface area (Å²) < 4.78 is 3.79. The first-order valence-corrected chi connectivity index (χ1v) is 6.32. The molecule has 1 nitrogen and oxygen atoms in total. The Labute approximate surface area is 94.1 Å². The van der Waals surface area contributed by atoms with Crippen LogP contribution in [0.4, 0.5) is 0 Å². The number of rotatable bonds is 2. The second-order valence-corrected chi connectivity index (χ2v) is 6.27. The zero-order chi connectivity index (χ0) is 11.6. The highest BCUT2D eigenvalue weighted by atomic mass is 31.1. The Kier molecular flexibility index (Phi) is 3.89. The van der Waals surface area contributed by atoms with Crippen molar-refractivity contribution in [1.82, 2.24) is 0 Å². The SMILES string of the molecule is [C-]#[N+]P(c1c(C)cc(C)cc1C)[C-](C)C. The van der Waals surface area contributed by atoms with Crippen molar-refractivity contribution in [2.75, 3.05) is 0 Å². The van der Waals surface area contributed by atoms with E-state index in [0.717, 1.165) is 0 Å². The van der Waals surface area contributed by atoms with Crippen LogP contribution in [-0.4, -0.2) is 0 Å². The van der Waals surface area contributed by atoms with E-state index in [4.69, 9.17) is 6.57 Å². The maximum absolute atomic E-state index is 7.31. The first kappa shape index (κ1) is 12.2. The van der Waals surface area contributed by atoms with Crippen molar-refractivity contribution in [2.45, 2.75) is 34.6 Å². The topological polar surface area (TPSA) is 4.36 Å². The molecule has 0 fully saturated rings. The summed E-state index contributed by atoms with van der Waals surface area (Å²) in [5.41, 5.74) is 5.03. The molecule has 1 rings (SSSR count). The van der Waals surface area contributed by atoms with E-state index in [0.29, 0.717) is 0 Å². The van der Waals surface area contributed by atoms with Gasteiger partial charge in [-0.05, 0) is 31.9 Å². The normalized spacial score (nSPS) is 12.6. The van der Waals surface area contributed by atoms with E-state index in [1.54, 1.807) is 0 Å². The van der Waals surface area contributed by atoms with Crippen LogP contribution in [0.5, 0.6) is 0 Å². The second-order valence-electron chi connectivity index (χ2n) is 4.11. The van der Waals surface area contributed by atoms with E-state index in [9.17, 15) is 0 Å². The molecular weight excluding hydrogens is 201 g/mol. The molecule has 0 aliphatic heterocycles. The van der Waals surface area contributed by atoms with Gasteiger partial charge >= 0.3 is 0 Å². The van der Waals surface area contributed by atoms with Crippen LogP contribution in [0.2, 0.25) is 0 Å². The first-order valence-electron chi connectivity index (χ1n) is 5.03. The minimum Gasteiger partial charge on any atom is -0.333 e. The highest BCUT2D eigenvalue weighted by Gasteiger charge is 2.17. The average molecular weight is 218 g/mol. The summed E-state index contributed by atoms with van der Waals surface area (Å²) in [6.07, 6.45) is 0. The highest BCUT2D eigenvalue weighted by molar-refractivity contribution is 7.70. The summed E-state index contributed by atoms with van der Waals surface area (Å²) >= 11 is 0. The van der Waals surface area contributed by atoms with Crippen LogP contribution in [0.1, 0.15) is 30.5 Å². The number of hydrogen-bond acceptors (Lipinski definition) is 0.